The van der Waals surface area contributed by atoms with E-state index in [-0.39, 0.29) is 24.9 Å². The number of nitrogens with one attached hydrogen (secondary N) is 1. The quantitative estimate of drug-likeness (QED) is 0.0321. The molecule has 0 saturated carbocycles. The molecule has 0 heterocycles. The predicted molar refractivity (Wildman–Crippen MR) is 292 cm³/mol. The number of rotatable bonds is 52. The van der Waals surface area contributed by atoms with Gasteiger partial charge in [0.15, 0.2) is 0 Å². The number of allylic oxidation sites excluding steroid dienone is 10. The fourth-order valence-electron chi connectivity index (χ4n) is 8.75. The van der Waals surface area contributed by atoms with Crippen molar-refractivity contribution in [3.05, 3.63) is 60.8 Å². The van der Waals surface area contributed by atoms with E-state index in [9.17, 15) is 19.8 Å². The highest BCUT2D eigenvalue weighted by molar-refractivity contribution is 5.77. The van der Waals surface area contributed by atoms with Crippen LogP contribution < -0.4 is 5.32 Å². The van der Waals surface area contributed by atoms with Gasteiger partial charge in [-0.25, -0.2) is 0 Å². The number of hydrogen-bond acceptors (Lipinski definition) is 5. The largest absolute Gasteiger partial charge is 0.462 e. The number of esters is 1. The third kappa shape index (κ3) is 49.8. The summed E-state index contributed by atoms with van der Waals surface area (Å²) in [5.74, 6) is -0.500. The summed E-state index contributed by atoms with van der Waals surface area (Å²) in [5, 5.41) is 23.9. The van der Waals surface area contributed by atoms with Gasteiger partial charge < -0.3 is 20.3 Å². The summed E-state index contributed by atoms with van der Waals surface area (Å²) in [4.78, 5) is 26.3. The van der Waals surface area contributed by atoms with Crippen molar-refractivity contribution >= 4 is 11.9 Å². The van der Waals surface area contributed by atoms with E-state index in [0.717, 1.165) is 89.9 Å². The molecule has 1 amide bonds. The zero-order valence-electron chi connectivity index (χ0n) is 44.5. The molecule has 0 aromatic heterocycles. The number of aliphatic hydroxyl groups excluding tert-OH is 2. The van der Waals surface area contributed by atoms with Crippen LogP contribution in [0.25, 0.3) is 0 Å². The minimum absolute atomic E-state index is 0.0660. The zero-order valence-corrected chi connectivity index (χ0v) is 44.5. The van der Waals surface area contributed by atoms with Gasteiger partial charge >= 0.3 is 5.97 Å². The van der Waals surface area contributed by atoms with Crippen LogP contribution in [0.4, 0.5) is 0 Å². The Morgan fingerprint density at radius 2 is 0.806 bits per heavy atom. The lowest BCUT2D eigenvalue weighted by molar-refractivity contribution is -0.151. The van der Waals surface area contributed by atoms with Gasteiger partial charge in [-0.05, 0) is 70.6 Å². The Bertz CT molecular complexity index is 1190. The molecule has 390 valence electrons. The topological polar surface area (TPSA) is 95.9 Å². The Labute approximate surface area is 416 Å². The predicted octanol–water partition coefficient (Wildman–Crippen LogP) is 18.0. The number of hydrogen-bond donors (Lipinski definition) is 3. The van der Waals surface area contributed by atoms with Gasteiger partial charge in [-0.1, -0.05) is 268 Å². The number of carbonyl (C=O) groups is 2. The summed E-state index contributed by atoms with van der Waals surface area (Å²) in [6, 6.07) is -0.709. The molecule has 0 aliphatic heterocycles. The van der Waals surface area contributed by atoms with E-state index in [1.165, 1.54) is 154 Å². The number of carbonyl (C=O) groups excluding carboxylic acids is 2. The van der Waals surface area contributed by atoms with Crippen molar-refractivity contribution in [2.75, 3.05) is 6.61 Å². The first kappa shape index (κ1) is 64.6. The van der Waals surface area contributed by atoms with Gasteiger partial charge in [0.25, 0.3) is 0 Å². The lowest BCUT2D eigenvalue weighted by Crippen LogP contribution is -2.46. The summed E-state index contributed by atoms with van der Waals surface area (Å²) in [6.07, 6.45) is 68.5. The van der Waals surface area contributed by atoms with Crippen LogP contribution in [-0.2, 0) is 14.3 Å². The van der Waals surface area contributed by atoms with Gasteiger partial charge in [0.1, 0.15) is 6.10 Å². The summed E-state index contributed by atoms with van der Waals surface area (Å²) >= 11 is 0. The molecule has 3 N–H and O–H groups in total. The normalized spacial score (nSPS) is 13.6. The van der Waals surface area contributed by atoms with Crippen molar-refractivity contribution in [3.63, 3.8) is 0 Å². The molecule has 0 aromatic carbocycles. The second kappa shape index (κ2) is 54.5. The maximum atomic E-state index is 13.3. The smallest absolute Gasteiger partial charge is 0.306 e. The molecular formula is C61H111NO5. The van der Waals surface area contributed by atoms with Gasteiger partial charge in [-0.3, -0.25) is 9.59 Å². The van der Waals surface area contributed by atoms with Gasteiger partial charge in [-0.15, -0.1) is 0 Å². The van der Waals surface area contributed by atoms with Gasteiger partial charge in [0.05, 0.1) is 25.2 Å². The third-order valence-corrected chi connectivity index (χ3v) is 13.1. The Kier molecular flexibility index (Phi) is 52.5. The van der Waals surface area contributed by atoms with E-state index < -0.39 is 18.2 Å². The summed E-state index contributed by atoms with van der Waals surface area (Å²) in [7, 11) is 0. The first-order chi connectivity index (χ1) is 33.0. The average molecular weight is 939 g/mol. The third-order valence-electron chi connectivity index (χ3n) is 13.1. The lowest BCUT2D eigenvalue weighted by atomic mass is 10.0. The van der Waals surface area contributed by atoms with Gasteiger partial charge in [-0.2, -0.15) is 0 Å². The van der Waals surface area contributed by atoms with Crippen LogP contribution in [0.3, 0.4) is 0 Å². The highest BCUT2D eigenvalue weighted by Gasteiger charge is 2.24. The van der Waals surface area contributed by atoms with Crippen LogP contribution in [0, 0.1) is 0 Å². The second-order valence-electron chi connectivity index (χ2n) is 19.7. The molecule has 0 saturated heterocycles. The van der Waals surface area contributed by atoms with E-state index >= 15 is 0 Å². The number of amides is 1. The van der Waals surface area contributed by atoms with Crippen LogP contribution in [0.1, 0.15) is 290 Å². The van der Waals surface area contributed by atoms with E-state index in [4.69, 9.17) is 4.74 Å². The SMILES string of the molecule is CC/C=C\C/C=C\C/C=C\C/C=C\C/C=C\CCCCCC(=O)OC(CCCCCCCCCCCCCCCCC)CC(=O)NC(CO)C(O)CCCCCCCCCCCCCCCC. The summed E-state index contributed by atoms with van der Waals surface area (Å²) in [6.45, 7) is 6.39. The van der Waals surface area contributed by atoms with Crippen molar-refractivity contribution in [2.24, 2.45) is 0 Å². The summed E-state index contributed by atoms with van der Waals surface area (Å²) in [5.41, 5.74) is 0. The number of ether oxygens (including phenoxy) is 1. The minimum Gasteiger partial charge on any atom is -0.462 e. The van der Waals surface area contributed by atoms with E-state index in [1.54, 1.807) is 0 Å². The fraction of sp³-hybridized carbons (Fsp3) is 0.803. The maximum Gasteiger partial charge on any atom is 0.306 e. The first-order valence-corrected chi connectivity index (χ1v) is 29.0. The molecule has 0 aliphatic carbocycles. The van der Waals surface area contributed by atoms with Crippen molar-refractivity contribution in [2.45, 2.75) is 309 Å². The zero-order chi connectivity index (χ0) is 48.8. The van der Waals surface area contributed by atoms with Crippen LogP contribution in [-0.4, -0.2) is 46.9 Å². The Morgan fingerprint density at radius 3 is 1.21 bits per heavy atom. The fourth-order valence-corrected chi connectivity index (χ4v) is 8.75. The summed E-state index contributed by atoms with van der Waals surface area (Å²) < 4.78 is 5.95. The molecule has 0 rings (SSSR count). The minimum atomic E-state index is -0.794. The molecule has 0 bridgehead atoms. The second-order valence-corrected chi connectivity index (χ2v) is 19.7. The molecule has 0 aromatic rings. The Balaban J connectivity index is 4.60. The van der Waals surface area contributed by atoms with Crippen molar-refractivity contribution in [1.29, 1.82) is 0 Å². The van der Waals surface area contributed by atoms with Crippen LogP contribution >= 0.6 is 0 Å². The lowest BCUT2D eigenvalue weighted by Gasteiger charge is -2.24. The number of aliphatic hydroxyl groups is 2. The monoisotopic (exact) mass is 938 g/mol. The molecule has 0 aliphatic rings. The molecule has 3 unspecified atom stereocenters. The molecule has 0 radical (unpaired) electrons. The van der Waals surface area contributed by atoms with Crippen LogP contribution in [0.15, 0.2) is 60.8 Å². The van der Waals surface area contributed by atoms with Crippen molar-refractivity contribution < 1.29 is 24.5 Å². The average Bonchev–Trinajstić information content (AvgIpc) is 3.32. The highest BCUT2D eigenvalue weighted by atomic mass is 16.5. The Morgan fingerprint density at radius 1 is 0.448 bits per heavy atom. The molecule has 6 nitrogen and oxygen atoms in total. The van der Waals surface area contributed by atoms with E-state index in [1.807, 2.05) is 0 Å². The van der Waals surface area contributed by atoms with E-state index in [0.29, 0.717) is 19.3 Å². The van der Waals surface area contributed by atoms with Crippen LogP contribution in [0.2, 0.25) is 0 Å². The molecule has 67 heavy (non-hydrogen) atoms. The van der Waals surface area contributed by atoms with Gasteiger partial charge in [0.2, 0.25) is 5.91 Å². The molecule has 6 heteroatoms. The standard InChI is InChI=1S/C61H111NO5/c1-4-7-10-13-16-19-22-25-28-29-30-31-33-36-39-42-45-48-51-54-61(66)67-57(52-49-46-43-40-37-34-32-26-23-20-17-14-11-8-5-2)55-60(65)62-58(56-63)59(64)53-50-47-44-41-38-35-27-24-21-18-15-12-9-6-3/h7,10,16,19,25,28,30-31,36,39,57-59,63-64H,4-6,8-9,11-15,17-18,20-24,26-27,29,32-35,37-38,40-56H2,1-3H3,(H,62,65)/b10-7-,19-16-,28-25-,31-30-,39-36-. The molecular weight excluding hydrogens is 827 g/mol. The van der Waals surface area contributed by atoms with Crippen molar-refractivity contribution in [3.8, 4) is 0 Å². The van der Waals surface area contributed by atoms with E-state index in [2.05, 4.69) is 86.8 Å². The molecule has 3 atom stereocenters. The Hall–Kier alpha value is -2.44. The van der Waals surface area contributed by atoms with Crippen molar-refractivity contribution in [1.82, 2.24) is 5.32 Å². The molecule has 0 spiro atoms. The van der Waals surface area contributed by atoms with Gasteiger partial charge in [0, 0.05) is 6.42 Å². The number of unbranched alkanes of at least 4 members (excludes halogenated alkanes) is 30. The van der Waals surface area contributed by atoms with Crippen LogP contribution in [0.5, 0.6) is 0 Å². The highest BCUT2D eigenvalue weighted by Crippen LogP contribution is 2.19. The maximum absolute atomic E-state index is 13.3. The first-order valence-electron chi connectivity index (χ1n) is 29.0. The molecule has 0 fully saturated rings.